The SMILES string of the molecule is COC(=O)CO/N=C(\c1ccccc1)C(C)(CI)O[Si](C)(C)C(C)(C)C. The number of carbonyl (C=O) groups excluding carboxylic acids is 1. The van der Waals surface area contributed by atoms with Crippen LogP contribution in [0.15, 0.2) is 35.5 Å². The lowest BCUT2D eigenvalue weighted by Gasteiger charge is -2.43. The molecule has 0 aromatic heterocycles. The van der Waals surface area contributed by atoms with Crippen molar-refractivity contribution in [3.05, 3.63) is 35.9 Å². The van der Waals surface area contributed by atoms with Gasteiger partial charge in [0.2, 0.25) is 6.61 Å². The van der Waals surface area contributed by atoms with E-state index in [9.17, 15) is 4.79 Å². The number of halogens is 1. The number of alkyl halides is 1. The number of oxime groups is 1. The molecule has 1 unspecified atom stereocenters. The highest BCUT2D eigenvalue weighted by Gasteiger charge is 2.45. The molecule has 0 bridgehead atoms. The Morgan fingerprint density at radius 1 is 1.15 bits per heavy atom. The van der Waals surface area contributed by atoms with Gasteiger partial charge in [-0.1, -0.05) is 78.8 Å². The largest absolute Gasteiger partial charge is 0.466 e. The summed E-state index contributed by atoms with van der Waals surface area (Å²) in [5, 5.41) is 4.36. The molecule has 0 fully saturated rings. The maximum absolute atomic E-state index is 11.4. The molecule has 0 N–H and O–H groups in total. The van der Waals surface area contributed by atoms with Crippen molar-refractivity contribution in [2.24, 2.45) is 5.16 Å². The Labute approximate surface area is 171 Å². The van der Waals surface area contributed by atoms with Crippen LogP contribution in [0.5, 0.6) is 0 Å². The summed E-state index contributed by atoms with van der Waals surface area (Å²) in [4.78, 5) is 16.7. The molecule has 1 aromatic carbocycles. The second-order valence-electron chi connectivity index (χ2n) is 7.88. The molecular formula is C19H30INO4Si. The van der Waals surface area contributed by atoms with E-state index >= 15 is 0 Å². The van der Waals surface area contributed by atoms with Crippen LogP contribution in [0.1, 0.15) is 33.3 Å². The molecule has 0 aliphatic carbocycles. The summed E-state index contributed by atoms with van der Waals surface area (Å²) in [6.07, 6.45) is 0. The molecule has 0 aliphatic rings. The topological polar surface area (TPSA) is 57.1 Å². The number of ether oxygens (including phenoxy) is 1. The number of benzene rings is 1. The maximum Gasteiger partial charge on any atom is 0.346 e. The fourth-order valence-electron chi connectivity index (χ4n) is 2.11. The Bertz CT molecular complexity index is 628. The lowest BCUT2D eigenvalue weighted by molar-refractivity contribution is -0.145. The van der Waals surface area contributed by atoms with Gasteiger partial charge in [-0.2, -0.15) is 0 Å². The molecule has 26 heavy (non-hydrogen) atoms. The first-order chi connectivity index (χ1) is 12.0. The minimum absolute atomic E-state index is 0.0642. The van der Waals surface area contributed by atoms with Gasteiger partial charge in [-0.25, -0.2) is 4.79 Å². The molecule has 7 heteroatoms. The van der Waals surface area contributed by atoms with Crippen molar-refractivity contribution in [3.63, 3.8) is 0 Å². The van der Waals surface area contributed by atoms with Gasteiger partial charge in [0.15, 0.2) is 8.32 Å². The van der Waals surface area contributed by atoms with Crippen LogP contribution in [0.25, 0.3) is 0 Å². The molecule has 0 spiro atoms. The molecule has 1 aromatic rings. The van der Waals surface area contributed by atoms with Crippen molar-refractivity contribution >= 4 is 42.6 Å². The summed E-state index contributed by atoms with van der Waals surface area (Å²) < 4.78 is 12.1. The van der Waals surface area contributed by atoms with Gasteiger partial charge in [0.25, 0.3) is 0 Å². The third-order valence-electron chi connectivity index (χ3n) is 4.66. The van der Waals surface area contributed by atoms with Crippen molar-refractivity contribution in [1.29, 1.82) is 0 Å². The first-order valence-electron chi connectivity index (χ1n) is 8.55. The molecule has 0 saturated heterocycles. The molecule has 1 atom stereocenters. The first-order valence-corrected chi connectivity index (χ1v) is 13.0. The summed E-state index contributed by atoms with van der Waals surface area (Å²) in [6.45, 7) is 12.9. The fraction of sp³-hybridized carbons (Fsp3) is 0.579. The van der Waals surface area contributed by atoms with Gasteiger partial charge in [-0.05, 0) is 25.1 Å². The average Bonchev–Trinajstić information content (AvgIpc) is 2.57. The molecule has 0 radical (unpaired) electrons. The van der Waals surface area contributed by atoms with E-state index in [-0.39, 0.29) is 11.6 Å². The van der Waals surface area contributed by atoms with E-state index in [1.54, 1.807) is 0 Å². The molecule has 0 aliphatic heterocycles. The van der Waals surface area contributed by atoms with E-state index in [0.717, 1.165) is 5.56 Å². The summed E-state index contributed by atoms with van der Waals surface area (Å²) in [5.41, 5.74) is 0.956. The number of esters is 1. The first kappa shape index (κ1) is 23.1. The quantitative estimate of drug-likeness (QED) is 0.131. The summed E-state index contributed by atoms with van der Waals surface area (Å²) in [5.74, 6) is -0.470. The third kappa shape index (κ3) is 6.06. The number of carbonyl (C=O) groups is 1. The Balaban J connectivity index is 3.28. The fourth-order valence-corrected chi connectivity index (χ4v) is 4.53. The van der Waals surface area contributed by atoms with Gasteiger partial charge in [-0.3, -0.25) is 0 Å². The van der Waals surface area contributed by atoms with Crippen LogP contribution < -0.4 is 0 Å². The van der Waals surface area contributed by atoms with Gasteiger partial charge in [0.1, 0.15) is 11.3 Å². The summed E-state index contributed by atoms with van der Waals surface area (Å²) >= 11 is 2.32. The van der Waals surface area contributed by atoms with Gasteiger partial charge in [-0.15, -0.1) is 0 Å². The zero-order valence-corrected chi connectivity index (χ0v) is 19.9. The Morgan fingerprint density at radius 2 is 1.73 bits per heavy atom. The van der Waals surface area contributed by atoms with Crippen LogP contribution in [0.3, 0.4) is 0 Å². The highest BCUT2D eigenvalue weighted by Crippen LogP contribution is 2.40. The smallest absolute Gasteiger partial charge is 0.346 e. The summed E-state index contributed by atoms with van der Waals surface area (Å²) in [6, 6.07) is 9.79. The van der Waals surface area contributed by atoms with Crippen LogP contribution >= 0.6 is 22.6 Å². The van der Waals surface area contributed by atoms with Crippen LogP contribution in [0.4, 0.5) is 0 Å². The van der Waals surface area contributed by atoms with Gasteiger partial charge >= 0.3 is 5.97 Å². The lowest BCUT2D eigenvalue weighted by atomic mass is 9.96. The van der Waals surface area contributed by atoms with Crippen molar-refractivity contribution in [1.82, 2.24) is 0 Å². The van der Waals surface area contributed by atoms with Crippen molar-refractivity contribution < 1.29 is 18.8 Å². The van der Waals surface area contributed by atoms with Gasteiger partial charge in [0.05, 0.1) is 7.11 Å². The maximum atomic E-state index is 11.4. The lowest BCUT2D eigenvalue weighted by Crippen LogP contribution is -2.53. The van der Waals surface area contributed by atoms with Gasteiger partial charge in [0, 0.05) is 9.99 Å². The summed E-state index contributed by atoms with van der Waals surface area (Å²) in [7, 11) is -0.735. The normalized spacial score (nSPS) is 15.3. The van der Waals surface area contributed by atoms with Gasteiger partial charge < -0.3 is 14.0 Å². The predicted molar refractivity (Wildman–Crippen MR) is 117 cm³/mol. The standard InChI is InChI=1S/C19H30INO4Si/c1-18(2,3)26(6,7)25-19(4,14-20)17(15-11-9-8-10-12-15)21-24-13-16(22)23-5/h8-12H,13-14H2,1-7H3/b21-17+. The van der Waals surface area contributed by atoms with E-state index in [0.29, 0.717) is 10.1 Å². The van der Waals surface area contributed by atoms with E-state index < -0.39 is 19.9 Å². The number of hydrogen-bond acceptors (Lipinski definition) is 5. The van der Waals surface area contributed by atoms with Crippen LogP contribution in [0, 0.1) is 0 Å². The zero-order valence-electron chi connectivity index (χ0n) is 16.8. The van der Waals surface area contributed by atoms with E-state index in [4.69, 9.17) is 9.26 Å². The predicted octanol–water partition coefficient (Wildman–Crippen LogP) is 4.80. The number of rotatable bonds is 8. The van der Waals surface area contributed by atoms with Crippen molar-refractivity contribution in [3.8, 4) is 0 Å². The number of methoxy groups -OCH3 is 1. The van der Waals surface area contributed by atoms with Crippen molar-refractivity contribution in [2.75, 3.05) is 18.1 Å². The monoisotopic (exact) mass is 491 g/mol. The number of nitrogens with zero attached hydrogens (tertiary/aromatic N) is 1. The molecule has 0 saturated carbocycles. The van der Waals surface area contributed by atoms with Crippen LogP contribution in [0.2, 0.25) is 18.1 Å². The molecular weight excluding hydrogens is 461 g/mol. The third-order valence-corrected chi connectivity index (χ3v) is 10.7. The second kappa shape index (κ2) is 9.32. The minimum Gasteiger partial charge on any atom is -0.466 e. The van der Waals surface area contributed by atoms with E-state index in [1.165, 1.54) is 7.11 Å². The minimum atomic E-state index is -2.06. The highest BCUT2D eigenvalue weighted by atomic mass is 127. The zero-order chi connectivity index (χ0) is 20.0. The molecule has 146 valence electrons. The average molecular weight is 491 g/mol. The number of hydrogen-bond donors (Lipinski definition) is 0. The Morgan fingerprint density at radius 3 is 2.19 bits per heavy atom. The molecule has 0 amide bonds. The molecule has 1 rings (SSSR count). The van der Waals surface area contributed by atoms with E-state index in [2.05, 4.69) is 66.3 Å². The second-order valence-corrected chi connectivity index (χ2v) is 13.4. The molecule has 0 heterocycles. The molecule has 5 nitrogen and oxygen atoms in total. The van der Waals surface area contributed by atoms with Crippen LogP contribution in [-0.2, 0) is 18.8 Å². The Hall–Kier alpha value is -0.933. The Kier molecular flexibility index (Phi) is 8.28. The van der Waals surface area contributed by atoms with Crippen molar-refractivity contribution in [2.45, 2.75) is 51.4 Å². The highest BCUT2D eigenvalue weighted by molar-refractivity contribution is 14.1. The van der Waals surface area contributed by atoms with E-state index in [1.807, 2.05) is 37.3 Å². The van der Waals surface area contributed by atoms with Crippen LogP contribution in [-0.4, -0.2) is 43.7 Å².